The molecule has 1 aliphatic rings. The molecule has 1 heterocycles. The number of ether oxygens (including phenoxy) is 1. The quantitative estimate of drug-likeness (QED) is 0.709. The number of hydrogen-bond donors (Lipinski definition) is 1. The van der Waals surface area contributed by atoms with Crippen molar-refractivity contribution in [3.63, 3.8) is 0 Å². The Labute approximate surface area is 160 Å². The molecule has 3 nitrogen and oxygen atoms in total. The Morgan fingerprint density at radius 2 is 1.71 bits per heavy atom. The number of halogens is 2. The first kappa shape index (κ1) is 23.7. The van der Waals surface area contributed by atoms with E-state index >= 15 is 0 Å². The van der Waals surface area contributed by atoms with Crippen molar-refractivity contribution in [2.75, 3.05) is 39.3 Å². The largest absolute Gasteiger partial charge is 0.376 e. The summed E-state index contributed by atoms with van der Waals surface area (Å²) < 4.78 is 6.35. The Balaban J connectivity index is 0.00000264. The van der Waals surface area contributed by atoms with Crippen LogP contribution in [-0.4, -0.2) is 50.3 Å². The second kappa shape index (κ2) is 13.9. The molecule has 1 aliphatic heterocycles. The summed E-state index contributed by atoms with van der Waals surface area (Å²) in [5.74, 6) is 0.693. The van der Waals surface area contributed by atoms with Crippen LogP contribution in [0.4, 0.5) is 0 Å². The SMILES string of the molecule is CCN(CC)CCOC(Cc1ccccc1)C1CCNCC1.Cl.Cl. The fraction of sp³-hybridized carbons (Fsp3) is 0.684. The van der Waals surface area contributed by atoms with Gasteiger partial charge < -0.3 is 15.0 Å². The summed E-state index contributed by atoms with van der Waals surface area (Å²) in [6.07, 6.45) is 3.88. The van der Waals surface area contributed by atoms with Gasteiger partial charge in [0, 0.05) is 6.54 Å². The Hall–Kier alpha value is -0.320. The monoisotopic (exact) mass is 376 g/mol. The van der Waals surface area contributed by atoms with Crippen molar-refractivity contribution in [1.29, 1.82) is 0 Å². The Morgan fingerprint density at radius 3 is 2.29 bits per heavy atom. The van der Waals surface area contributed by atoms with Crippen LogP contribution in [0, 0.1) is 5.92 Å². The highest BCUT2D eigenvalue weighted by Gasteiger charge is 2.24. The number of hydrogen-bond acceptors (Lipinski definition) is 3. The molecule has 5 heteroatoms. The lowest BCUT2D eigenvalue weighted by molar-refractivity contribution is -0.00567. The third-order valence-corrected chi connectivity index (χ3v) is 4.82. The zero-order valence-electron chi connectivity index (χ0n) is 15.1. The van der Waals surface area contributed by atoms with Crippen LogP contribution in [0.3, 0.4) is 0 Å². The van der Waals surface area contributed by atoms with E-state index in [4.69, 9.17) is 4.74 Å². The summed E-state index contributed by atoms with van der Waals surface area (Å²) >= 11 is 0. The molecule has 0 aromatic heterocycles. The third kappa shape index (κ3) is 8.17. The molecule has 1 atom stereocenters. The molecular weight excluding hydrogens is 343 g/mol. The maximum atomic E-state index is 6.35. The summed E-state index contributed by atoms with van der Waals surface area (Å²) in [6, 6.07) is 10.8. The first-order valence-corrected chi connectivity index (χ1v) is 8.92. The predicted molar refractivity (Wildman–Crippen MR) is 108 cm³/mol. The minimum absolute atomic E-state index is 0. The molecule has 2 rings (SSSR count). The Kier molecular flexibility index (Phi) is 13.7. The molecule has 0 spiro atoms. The molecule has 1 saturated heterocycles. The number of nitrogens with zero attached hydrogens (tertiary/aromatic N) is 1. The van der Waals surface area contributed by atoms with Gasteiger partial charge in [0.1, 0.15) is 0 Å². The molecule has 1 fully saturated rings. The van der Waals surface area contributed by atoms with E-state index in [1.54, 1.807) is 0 Å². The first-order chi connectivity index (χ1) is 10.8. The average molecular weight is 377 g/mol. The smallest absolute Gasteiger partial charge is 0.0645 e. The molecule has 0 aliphatic carbocycles. The minimum atomic E-state index is 0. The van der Waals surface area contributed by atoms with E-state index in [2.05, 4.69) is 54.4 Å². The number of piperidine rings is 1. The average Bonchev–Trinajstić information content (AvgIpc) is 2.59. The molecule has 1 unspecified atom stereocenters. The fourth-order valence-electron chi connectivity index (χ4n) is 3.30. The molecule has 1 aromatic carbocycles. The van der Waals surface area contributed by atoms with Crippen LogP contribution in [0.2, 0.25) is 0 Å². The maximum Gasteiger partial charge on any atom is 0.0645 e. The first-order valence-electron chi connectivity index (χ1n) is 8.92. The zero-order valence-corrected chi connectivity index (χ0v) is 16.7. The van der Waals surface area contributed by atoms with Crippen LogP contribution < -0.4 is 5.32 Å². The lowest BCUT2D eigenvalue weighted by atomic mass is 9.88. The van der Waals surface area contributed by atoms with Crippen molar-refractivity contribution in [1.82, 2.24) is 10.2 Å². The van der Waals surface area contributed by atoms with E-state index in [1.165, 1.54) is 18.4 Å². The second-order valence-corrected chi connectivity index (χ2v) is 6.21. The topological polar surface area (TPSA) is 24.5 Å². The van der Waals surface area contributed by atoms with E-state index in [1.807, 2.05) is 0 Å². The minimum Gasteiger partial charge on any atom is -0.376 e. The van der Waals surface area contributed by atoms with Crippen molar-refractivity contribution in [3.05, 3.63) is 35.9 Å². The molecule has 1 N–H and O–H groups in total. The highest BCUT2D eigenvalue weighted by Crippen LogP contribution is 2.22. The zero-order chi connectivity index (χ0) is 15.6. The van der Waals surface area contributed by atoms with E-state index < -0.39 is 0 Å². The summed E-state index contributed by atoms with van der Waals surface area (Å²) in [5.41, 5.74) is 1.40. The number of rotatable bonds is 9. The summed E-state index contributed by atoms with van der Waals surface area (Å²) in [7, 11) is 0. The molecule has 0 radical (unpaired) electrons. The van der Waals surface area contributed by atoms with Crippen LogP contribution in [0.15, 0.2) is 30.3 Å². The van der Waals surface area contributed by atoms with Gasteiger partial charge in [-0.3, -0.25) is 0 Å². The van der Waals surface area contributed by atoms with Crippen LogP contribution in [0.25, 0.3) is 0 Å². The predicted octanol–water partition coefficient (Wildman–Crippen LogP) is 3.80. The van der Waals surface area contributed by atoms with Crippen molar-refractivity contribution in [2.45, 2.75) is 39.2 Å². The maximum absolute atomic E-state index is 6.35. The van der Waals surface area contributed by atoms with Crippen LogP contribution in [-0.2, 0) is 11.2 Å². The van der Waals surface area contributed by atoms with E-state index in [9.17, 15) is 0 Å². The van der Waals surface area contributed by atoms with Gasteiger partial charge in [-0.2, -0.15) is 0 Å². The van der Waals surface area contributed by atoms with Gasteiger partial charge >= 0.3 is 0 Å². The number of benzene rings is 1. The summed E-state index contributed by atoms with van der Waals surface area (Å²) in [4.78, 5) is 2.43. The normalized spacial score (nSPS) is 16.3. The van der Waals surface area contributed by atoms with Crippen molar-refractivity contribution >= 4 is 24.8 Å². The molecule has 24 heavy (non-hydrogen) atoms. The van der Waals surface area contributed by atoms with Gasteiger partial charge in [-0.15, -0.1) is 24.8 Å². The highest BCUT2D eigenvalue weighted by atomic mass is 35.5. The molecule has 140 valence electrons. The molecular formula is C19H34Cl2N2O. The van der Waals surface area contributed by atoms with Gasteiger partial charge in [0.25, 0.3) is 0 Å². The van der Waals surface area contributed by atoms with Gasteiger partial charge in [0.05, 0.1) is 12.7 Å². The molecule has 0 saturated carbocycles. The summed E-state index contributed by atoms with van der Waals surface area (Å²) in [6.45, 7) is 10.8. The van der Waals surface area contributed by atoms with E-state index in [-0.39, 0.29) is 24.8 Å². The standard InChI is InChI=1S/C19H32N2O.2ClH/c1-3-21(4-2)14-15-22-19(18-10-12-20-13-11-18)16-17-8-6-5-7-9-17;;/h5-9,18-20H,3-4,10-16H2,1-2H3;2*1H. The van der Waals surface area contributed by atoms with E-state index in [0.29, 0.717) is 12.0 Å². The van der Waals surface area contributed by atoms with Gasteiger partial charge in [-0.05, 0) is 56.9 Å². The van der Waals surface area contributed by atoms with Gasteiger partial charge in [-0.1, -0.05) is 44.2 Å². The van der Waals surface area contributed by atoms with Gasteiger partial charge in [-0.25, -0.2) is 0 Å². The number of nitrogens with one attached hydrogen (secondary N) is 1. The highest BCUT2D eigenvalue weighted by molar-refractivity contribution is 5.85. The van der Waals surface area contributed by atoms with Crippen molar-refractivity contribution < 1.29 is 4.74 Å². The van der Waals surface area contributed by atoms with Crippen LogP contribution >= 0.6 is 24.8 Å². The van der Waals surface area contributed by atoms with Gasteiger partial charge in [0.15, 0.2) is 0 Å². The Morgan fingerprint density at radius 1 is 1.08 bits per heavy atom. The van der Waals surface area contributed by atoms with Crippen LogP contribution in [0.5, 0.6) is 0 Å². The van der Waals surface area contributed by atoms with E-state index in [0.717, 1.165) is 45.8 Å². The fourth-order valence-corrected chi connectivity index (χ4v) is 3.30. The summed E-state index contributed by atoms with van der Waals surface area (Å²) in [5, 5.41) is 3.46. The lowest BCUT2D eigenvalue weighted by Crippen LogP contribution is -2.38. The van der Waals surface area contributed by atoms with Crippen molar-refractivity contribution in [3.8, 4) is 0 Å². The second-order valence-electron chi connectivity index (χ2n) is 6.21. The van der Waals surface area contributed by atoms with Gasteiger partial charge in [0.2, 0.25) is 0 Å². The molecule has 0 amide bonds. The van der Waals surface area contributed by atoms with Crippen molar-refractivity contribution in [2.24, 2.45) is 5.92 Å². The Bertz CT molecular complexity index is 396. The molecule has 1 aromatic rings. The van der Waals surface area contributed by atoms with Crippen LogP contribution in [0.1, 0.15) is 32.3 Å². The number of likely N-dealkylation sites (N-methyl/N-ethyl adjacent to an activating group) is 1. The molecule has 0 bridgehead atoms. The third-order valence-electron chi connectivity index (χ3n) is 4.82. The lowest BCUT2D eigenvalue weighted by Gasteiger charge is -2.31.